The van der Waals surface area contributed by atoms with Crippen molar-refractivity contribution in [3.63, 3.8) is 0 Å². The summed E-state index contributed by atoms with van der Waals surface area (Å²) in [6.45, 7) is 3.61. The Hall–Kier alpha value is -2.34. The SMILES string of the molecule is Cc1ccc(O[C@H](C)C(=O)N(C)c2ccccc2S(C)(=O)=O)cc1. The third kappa shape index (κ3) is 4.14. The molecule has 0 saturated heterocycles. The molecule has 0 aromatic heterocycles. The van der Waals surface area contributed by atoms with Crippen molar-refractivity contribution in [2.75, 3.05) is 18.2 Å². The number of benzene rings is 2. The number of rotatable bonds is 5. The quantitative estimate of drug-likeness (QED) is 0.834. The third-order valence-corrected chi connectivity index (χ3v) is 4.78. The van der Waals surface area contributed by atoms with Crippen LogP contribution in [0.25, 0.3) is 0 Å². The second-order valence-corrected chi connectivity index (χ2v) is 7.69. The predicted octanol–water partition coefficient (Wildman–Crippen LogP) is 2.83. The highest BCUT2D eigenvalue weighted by molar-refractivity contribution is 7.90. The van der Waals surface area contributed by atoms with Gasteiger partial charge in [0.15, 0.2) is 15.9 Å². The minimum absolute atomic E-state index is 0.114. The molecule has 0 unspecified atom stereocenters. The maximum atomic E-state index is 12.6. The van der Waals surface area contributed by atoms with E-state index in [1.165, 1.54) is 11.0 Å². The molecule has 0 fully saturated rings. The van der Waals surface area contributed by atoms with Crippen molar-refractivity contribution in [3.05, 3.63) is 54.1 Å². The van der Waals surface area contributed by atoms with Gasteiger partial charge in [0.2, 0.25) is 0 Å². The number of ether oxygens (including phenoxy) is 1. The third-order valence-electron chi connectivity index (χ3n) is 3.64. The van der Waals surface area contributed by atoms with Crippen LogP contribution in [0, 0.1) is 6.92 Å². The van der Waals surface area contributed by atoms with E-state index in [-0.39, 0.29) is 10.8 Å². The number of likely N-dealkylation sites (N-methyl/N-ethyl adjacent to an activating group) is 1. The van der Waals surface area contributed by atoms with Gasteiger partial charge in [-0.05, 0) is 38.1 Å². The Bertz CT molecular complexity index is 828. The molecule has 0 spiro atoms. The minimum Gasteiger partial charge on any atom is -0.481 e. The first kappa shape index (κ1) is 18.0. The fraction of sp³-hybridized carbons (Fsp3) is 0.278. The van der Waals surface area contributed by atoms with Crippen LogP contribution in [-0.4, -0.2) is 33.7 Å². The van der Waals surface area contributed by atoms with Gasteiger partial charge in [0.25, 0.3) is 5.91 Å². The zero-order valence-electron chi connectivity index (χ0n) is 14.2. The smallest absolute Gasteiger partial charge is 0.267 e. The van der Waals surface area contributed by atoms with Crippen LogP contribution in [0.1, 0.15) is 12.5 Å². The summed E-state index contributed by atoms with van der Waals surface area (Å²) in [5.74, 6) is 0.262. The van der Waals surface area contributed by atoms with Gasteiger partial charge in [0.05, 0.1) is 10.6 Å². The number of aryl methyl sites for hydroxylation is 1. The number of para-hydroxylation sites is 1. The molecule has 0 N–H and O–H groups in total. The first-order valence-corrected chi connectivity index (χ1v) is 9.39. The van der Waals surface area contributed by atoms with Crippen LogP contribution in [-0.2, 0) is 14.6 Å². The summed E-state index contributed by atoms with van der Waals surface area (Å²) in [6, 6.07) is 13.8. The molecule has 0 aliphatic heterocycles. The minimum atomic E-state index is -3.44. The Morgan fingerprint density at radius 2 is 1.67 bits per heavy atom. The molecule has 128 valence electrons. The lowest BCUT2D eigenvalue weighted by Crippen LogP contribution is -2.38. The molecular weight excluding hydrogens is 326 g/mol. The Balaban J connectivity index is 2.22. The Morgan fingerprint density at radius 3 is 2.25 bits per heavy atom. The Morgan fingerprint density at radius 1 is 1.08 bits per heavy atom. The molecule has 2 aromatic rings. The van der Waals surface area contributed by atoms with Gasteiger partial charge in [0, 0.05) is 13.3 Å². The summed E-state index contributed by atoms with van der Waals surface area (Å²) in [7, 11) is -1.89. The molecule has 0 heterocycles. The number of carbonyl (C=O) groups is 1. The van der Waals surface area contributed by atoms with E-state index >= 15 is 0 Å². The van der Waals surface area contributed by atoms with Gasteiger partial charge in [-0.15, -0.1) is 0 Å². The Kier molecular flexibility index (Phi) is 5.29. The molecule has 5 nitrogen and oxygen atoms in total. The maximum Gasteiger partial charge on any atom is 0.267 e. The van der Waals surface area contributed by atoms with Crippen molar-refractivity contribution in [3.8, 4) is 5.75 Å². The number of carbonyl (C=O) groups excluding carboxylic acids is 1. The zero-order chi connectivity index (χ0) is 17.9. The molecule has 6 heteroatoms. The summed E-state index contributed by atoms with van der Waals surface area (Å²) < 4.78 is 29.5. The number of sulfone groups is 1. The highest BCUT2D eigenvalue weighted by Crippen LogP contribution is 2.25. The van der Waals surface area contributed by atoms with Crippen LogP contribution >= 0.6 is 0 Å². The second-order valence-electron chi connectivity index (χ2n) is 5.71. The number of amides is 1. The number of hydrogen-bond acceptors (Lipinski definition) is 4. The molecule has 2 aromatic carbocycles. The van der Waals surface area contributed by atoms with Crippen molar-refractivity contribution in [1.29, 1.82) is 0 Å². The molecule has 0 saturated carbocycles. The number of hydrogen-bond donors (Lipinski definition) is 0. The highest BCUT2D eigenvalue weighted by atomic mass is 32.2. The van der Waals surface area contributed by atoms with Crippen molar-refractivity contribution >= 4 is 21.4 Å². The van der Waals surface area contributed by atoms with Crippen LogP contribution in [0.4, 0.5) is 5.69 Å². The first-order valence-electron chi connectivity index (χ1n) is 7.50. The summed E-state index contributed by atoms with van der Waals surface area (Å²) >= 11 is 0. The zero-order valence-corrected chi connectivity index (χ0v) is 15.0. The van der Waals surface area contributed by atoms with Crippen molar-refractivity contribution in [2.24, 2.45) is 0 Å². The summed E-state index contributed by atoms with van der Waals surface area (Å²) in [5, 5.41) is 0. The van der Waals surface area contributed by atoms with Gasteiger partial charge in [-0.2, -0.15) is 0 Å². The second kappa shape index (κ2) is 7.05. The lowest BCUT2D eigenvalue weighted by molar-refractivity contribution is -0.124. The van der Waals surface area contributed by atoms with Crippen LogP contribution in [0.15, 0.2) is 53.4 Å². The summed E-state index contributed by atoms with van der Waals surface area (Å²) in [4.78, 5) is 14.0. The average Bonchev–Trinajstić information content (AvgIpc) is 2.54. The van der Waals surface area contributed by atoms with E-state index in [2.05, 4.69) is 0 Å². The predicted molar refractivity (Wildman–Crippen MR) is 94.2 cm³/mol. The molecule has 1 amide bonds. The number of anilines is 1. The molecule has 1 atom stereocenters. The largest absolute Gasteiger partial charge is 0.481 e. The summed E-state index contributed by atoms with van der Waals surface area (Å²) in [6.07, 6.45) is 0.376. The van der Waals surface area contributed by atoms with Crippen molar-refractivity contribution in [1.82, 2.24) is 0 Å². The average molecular weight is 347 g/mol. The highest BCUT2D eigenvalue weighted by Gasteiger charge is 2.24. The van der Waals surface area contributed by atoms with Crippen LogP contribution in [0.5, 0.6) is 5.75 Å². The van der Waals surface area contributed by atoms with Gasteiger partial charge in [-0.3, -0.25) is 4.79 Å². The van der Waals surface area contributed by atoms with E-state index in [0.29, 0.717) is 11.4 Å². The van der Waals surface area contributed by atoms with Crippen molar-refractivity contribution < 1.29 is 17.9 Å². The fourth-order valence-corrected chi connectivity index (χ4v) is 3.22. The van der Waals surface area contributed by atoms with Gasteiger partial charge in [0.1, 0.15) is 5.75 Å². The lowest BCUT2D eigenvalue weighted by atomic mass is 10.2. The molecule has 0 bridgehead atoms. The van der Waals surface area contributed by atoms with Crippen LogP contribution in [0.2, 0.25) is 0 Å². The molecular formula is C18H21NO4S. The maximum absolute atomic E-state index is 12.6. The van der Waals surface area contributed by atoms with Crippen LogP contribution < -0.4 is 9.64 Å². The Labute approximate surface area is 142 Å². The summed E-state index contributed by atoms with van der Waals surface area (Å²) in [5.41, 5.74) is 1.44. The molecule has 0 radical (unpaired) electrons. The molecule has 0 aliphatic rings. The van der Waals surface area contributed by atoms with E-state index in [0.717, 1.165) is 11.8 Å². The van der Waals surface area contributed by atoms with Crippen LogP contribution in [0.3, 0.4) is 0 Å². The first-order chi connectivity index (χ1) is 11.2. The van der Waals surface area contributed by atoms with Gasteiger partial charge >= 0.3 is 0 Å². The number of nitrogens with zero attached hydrogens (tertiary/aromatic N) is 1. The fourth-order valence-electron chi connectivity index (χ4n) is 2.31. The van der Waals surface area contributed by atoms with E-state index in [4.69, 9.17) is 4.74 Å². The molecule has 2 rings (SSSR count). The van der Waals surface area contributed by atoms with E-state index in [1.807, 2.05) is 19.1 Å². The monoisotopic (exact) mass is 347 g/mol. The van der Waals surface area contributed by atoms with Crippen molar-refractivity contribution in [2.45, 2.75) is 24.8 Å². The normalized spacial score (nSPS) is 12.5. The molecule has 0 aliphatic carbocycles. The standard InChI is InChI=1S/C18H21NO4S/c1-13-9-11-15(12-10-13)23-14(2)18(20)19(3)16-7-5-6-8-17(16)24(4,21)22/h5-12,14H,1-4H3/t14-/m1/s1. The van der Waals surface area contributed by atoms with Gasteiger partial charge in [-0.25, -0.2) is 8.42 Å². The van der Waals surface area contributed by atoms with E-state index < -0.39 is 15.9 Å². The topological polar surface area (TPSA) is 63.7 Å². The van der Waals surface area contributed by atoms with E-state index in [1.54, 1.807) is 44.3 Å². The lowest BCUT2D eigenvalue weighted by Gasteiger charge is -2.24. The van der Waals surface area contributed by atoms with E-state index in [9.17, 15) is 13.2 Å². The molecule has 24 heavy (non-hydrogen) atoms. The van der Waals surface area contributed by atoms with Gasteiger partial charge in [-0.1, -0.05) is 29.8 Å². The van der Waals surface area contributed by atoms with Gasteiger partial charge < -0.3 is 9.64 Å².